The third-order valence-electron chi connectivity index (χ3n) is 3.07. The summed E-state index contributed by atoms with van der Waals surface area (Å²) < 4.78 is 0. The molecule has 3 rings (SSSR count). The van der Waals surface area contributed by atoms with Gasteiger partial charge in [0, 0.05) is 22.6 Å². The summed E-state index contributed by atoms with van der Waals surface area (Å²) in [6.45, 7) is 0.440. The number of H-pyrrole nitrogens is 1. The Balaban J connectivity index is 1.59. The molecule has 2 amide bonds. The third kappa shape index (κ3) is 3.32. The van der Waals surface area contributed by atoms with Crippen LogP contribution in [0.5, 0.6) is 0 Å². The smallest absolute Gasteiger partial charge is 0.319 e. The van der Waals surface area contributed by atoms with E-state index in [-0.39, 0.29) is 6.03 Å². The fourth-order valence-corrected chi connectivity index (χ4v) is 2.10. The normalized spacial score (nSPS) is 10.5. The average molecular weight is 301 g/mol. The SMILES string of the molecule is O=C(NCc1ccc(Cl)cc1)Nc1ccc2cn[nH]c2c1. The number of urea groups is 1. The summed E-state index contributed by atoms with van der Waals surface area (Å²) >= 11 is 5.81. The van der Waals surface area contributed by atoms with Crippen molar-refractivity contribution in [3.63, 3.8) is 0 Å². The van der Waals surface area contributed by atoms with Crippen molar-refractivity contribution in [2.75, 3.05) is 5.32 Å². The second-order valence-electron chi connectivity index (χ2n) is 4.61. The van der Waals surface area contributed by atoms with Crippen LogP contribution in [0.1, 0.15) is 5.56 Å². The topological polar surface area (TPSA) is 69.8 Å². The molecule has 3 aromatic rings. The Hall–Kier alpha value is -2.53. The fourth-order valence-electron chi connectivity index (χ4n) is 1.97. The van der Waals surface area contributed by atoms with E-state index in [1.165, 1.54) is 0 Å². The van der Waals surface area contributed by atoms with Gasteiger partial charge in [-0.3, -0.25) is 5.10 Å². The number of hydrogen-bond acceptors (Lipinski definition) is 2. The maximum atomic E-state index is 11.9. The minimum atomic E-state index is -0.260. The molecule has 1 aromatic heterocycles. The molecule has 0 fully saturated rings. The van der Waals surface area contributed by atoms with Gasteiger partial charge in [-0.05, 0) is 35.9 Å². The molecular weight excluding hydrogens is 288 g/mol. The van der Waals surface area contributed by atoms with Gasteiger partial charge in [0.15, 0.2) is 0 Å². The first-order valence-corrected chi connectivity index (χ1v) is 6.81. The molecule has 0 aliphatic carbocycles. The zero-order chi connectivity index (χ0) is 14.7. The van der Waals surface area contributed by atoms with Gasteiger partial charge in [-0.1, -0.05) is 23.7 Å². The second kappa shape index (κ2) is 5.85. The zero-order valence-corrected chi connectivity index (χ0v) is 11.8. The van der Waals surface area contributed by atoms with E-state index in [4.69, 9.17) is 11.6 Å². The first-order valence-electron chi connectivity index (χ1n) is 6.43. The predicted molar refractivity (Wildman–Crippen MR) is 83.4 cm³/mol. The Morgan fingerprint density at radius 2 is 2.00 bits per heavy atom. The van der Waals surface area contributed by atoms with Crippen LogP contribution in [0.15, 0.2) is 48.7 Å². The van der Waals surface area contributed by atoms with Crippen molar-refractivity contribution in [2.45, 2.75) is 6.54 Å². The van der Waals surface area contributed by atoms with Crippen molar-refractivity contribution in [2.24, 2.45) is 0 Å². The van der Waals surface area contributed by atoms with Crippen LogP contribution < -0.4 is 10.6 Å². The Morgan fingerprint density at radius 3 is 2.81 bits per heavy atom. The summed E-state index contributed by atoms with van der Waals surface area (Å²) in [5.41, 5.74) is 2.57. The first kappa shape index (κ1) is 13.5. The molecule has 1 heterocycles. The maximum absolute atomic E-state index is 11.9. The molecule has 0 saturated heterocycles. The lowest BCUT2D eigenvalue weighted by atomic mass is 10.2. The predicted octanol–water partition coefficient (Wildman–Crippen LogP) is 3.54. The number of amides is 2. The highest BCUT2D eigenvalue weighted by atomic mass is 35.5. The van der Waals surface area contributed by atoms with E-state index < -0.39 is 0 Å². The largest absolute Gasteiger partial charge is 0.334 e. The average Bonchev–Trinajstić information content (AvgIpc) is 2.94. The molecule has 0 aliphatic heterocycles. The van der Waals surface area contributed by atoms with Crippen LogP contribution in [-0.4, -0.2) is 16.2 Å². The van der Waals surface area contributed by atoms with Crippen LogP contribution in [-0.2, 0) is 6.54 Å². The summed E-state index contributed by atoms with van der Waals surface area (Å²) in [6, 6.07) is 12.6. The van der Waals surface area contributed by atoms with Gasteiger partial charge < -0.3 is 10.6 Å². The highest BCUT2D eigenvalue weighted by Gasteiger charge is 2.03. The Kier molecular flexibility index (Phi) is 3.75. The summed E-state index contributed by atoms with van der Waals surface area (Å²) in [5.74, 6) is 0. The van der Waals surface area contributed by atoms with Crippen molar-refractivity contribution in [3.05, 3.63) is 59.2 Å². The van der Waals surface area contributed by atoms with Crippen LogP contribution in [0.4, 0.5) is 10.5 Å². The van der Waals surface area contributed by atoms with Crippen LogP contribution >= 0.6 is 11.6 Å². The van der Waals surface area contributed by atoms with Gasteiger partial charge in [0.1, 0.15) is 0 Å². The van der Waals surface area contributed by atoms with Gasteiger partial charge in [-0.2, -0.15) is 5.10 Å². The molecule has 0 radical (unpaired) electrons. The number of nitrogens with zero attached hydrogens (tertiary/aromatic N) is 1. The molecule has 5 nitrogen and oxygen atoms in total. The molecule has 0 bridgehead atoms. The van der Waals surface area contributed by atoms with Crippen LogP contribution in [0, 0.1) is 0 Å². The van der Waals surface area contributed by atoms with Gasteiger partial charge in [-0.15, -0.1) is 0 Å². The van der Waals surface area contributed by atoms with E-state index in [1.54, 1.807) is 18.3 Å². The van der Waals surface area contributed by atoms with Crippen molar-refractivity contribution in [1.82, 2.24) is 15.5 Å². The number of carbonyl (C=O) groups is 1. The molecule has 0 unspecified atom stereocenters. The number of benzene rings is 2. The molecular formula is C15H13ClN4O. The number of halogens is 1. The monoisotopic (exact) mass is 300 g/mol. The van der Waals surface area contributed by atoms with Crippen molar-refractivity contribution in [3.8, 4) is 0 Å². The van der Waals surface area contributed by atoms with Crippen molar-refractivity contribution >= 4 is 34.2 Å². The quantitative estimate of drug-likeness (QED) is 0.692. The zero-order valence-electron chi connectivity index (χ0n) is 11.1. The number of anilines is 1. The van der Waals surface area contributed by atoms with Crippen molar-refractivity contribution in [1.29, 1.82) is 0 Å². The molecule has 0 aliphatic rings. The highest BCUT2D eigenvalue weighted by Crippen LogP contribution is 2.16. The van der Waals surface area contributed by atoms with E-state index in [0.29, 0.717) is 17.3 Å². The van der Waals surface area contributed by atoms with Crippen LogP contribution in [0.2, 0.25) is 5.02 Å². The minimum Gasteiger partial charge on any atom is -0.334 e. The summed E-state index contributed by atoms with van der Waals surface area (Å²) in [6.07, 6.45) is 1.74. The first-order chi connectivity index (χ1) is 10.2. The molecule has 21 heavy (non-hydrogen) atoms. The van der Waals surface area contributed by atoms with Gasteiger partial charge in [0.25, 0.3) is 0 Å². The lowest BCUT2D eigenvalue weighted by Crippen LogP contribution is -2.28. The summed E-state index contributed by atoms with van der Waals surface area (Å²) in [5, 5.41) is 14.1. The Labute approximate surface area is 126 Å². The number of carbonyl (C=O) groups excluding carboxylic acids is 1. The molecule has 0 atom stereocenters. The molecule has 0 spiro atoms. The lowest BCUT2D eigenvalue weighted by molar-refractivity contribution is 0.251. The molecule has 2 aromatic carbocycles. The van der Waals surface area contributed by atoms with Gasteiger partial charge in [-0.25, -0.2) is 4.79 Å². The van der Waals surface area contributed by atoms with Crippen LogP contribution in [0.3, 0.4) is 0 Å². The summed E-state index contributed by atoms with van der Waals surface area (Å²) in [4.78, 5) is 11.9. The number of nitrogens with one attached hydrogen (secondary N) is 3. The van der Waals surface area contributed by atoms with Gasteiger partial charge in [0.05, 0.1) is 11.7 Å². The number of rotatable bonds is 3. The van der Waals surface area contributed by atoms with E-state index in [2.05, 4.69) is 20.8 Å². The minimum absolute atomic E-state index is 0.260. The van der Waals surface area contributed by atoms with E-state index in [0.717, 1.165) is 16.5 Å². The molecule has 3 N–H and O–H groups in total. The molecule has 6 heteroatoms. The standard InChI is InChI=1S/C15H13ClN4O/c16-12-4-1-10(2-5-12)8-17-15(21)19-13-6-3-11-9-18-20-14(11)7-13/h1-7,9H,8H2,(H,18,20)(H2,17,19,21). The maximum Gasteiger partial charge on any atom is 0.319 e. The lowest BCUT2D eigenvalue weighted by Gasteiger charge is -2.08. The fraction of sp³-hybridized carbons (Fsp3) is 0.0667. The molecule has 106 valence electrons. The number of fused-ring (bicyclic) bond motifs is 1. The van der Waals surface area contributed by atoms with Crippen LogP contribution in [0.25, 0.3) is 10.9 Å². The highest BCUT2D eigenvalue weighted by molar-refractivity contribution is 6.30. The van der Waals surface area contributed by atoms with Crippen molar-refractivity contribution < 1.29 is 4.79 Å². The number of aromatic nitrogens is 2. The van der Waals surface area contributed by atoms with E-state index in [1.807, 2.05) is 30.3 Å². The van der Waals surface area contributed by atoms with E-state index >= 15 is 0 Å². The van der Waals surface area contributed by atoms with Gasteiger partial charge >= 0.3 is 6.03 Å². The number of hydrogen-bond donors (Lipinski definition) is 3. The number of aromatic amines is 1. The second-order valence-corrected chi connectivity index (χ2v) is 5.04. The van der Waals surface area contributed by atoms with Gasteiger partial charge in [0.2, 0.25) is 0 Å². The Morgan fingerprint density at radius 1 is 1.19 bits per heavy atom. The summed E-state index contributed by atoms with van der Waals surface area (Å²) in [7, 11) is 0. The Bertz CT molecular complexity index is 767. The molecule has 0 saturated carbocycles. The van der Waals surface area contributed by atoms with E-state index in [9.17, 15) is 4.79 Å². The third-order valence-corrected chi connectivity index (χ3v) is 3.32.